The number of nitrogens with zero attached hydrogens (tertiary/aromatic N) is 2. The third kappa shape index (κ3) is 8.64. The smallest absolute Gasteiger partial charge is 0.475 e. The second kappa shape index (κ2) is 12.9. The molecule has 5 rings (SSSR count). The molecule has 44 heavy (non-hydrogen) atoms. The van der Waals surface area contributed by atoms with Crippen LogP contribution in [0.3, 0.4) is 0 Å². The van der Waals surface area contributed by atoms with Gasteiger partial charge >= 0.3 is 24.3 Å². The number of hydrogen-bond donors (Lipinski definition) is 3. The molecule has 0 amide bonds. The van der Waals surface area contributed by atoms with Crippen molar-refractivity contribution in [3.05, 3.63) is 47.7 Å². The number of hydrogen-bond acceptors (Lipinski definition) is 5. The number of carboxylic acid groups (broad SMARTS) is 2. The highest BCUT2D eigenvalue weighted by Gasteiger charge is 2.40. The Morgan fingerprint density at radius 3 is 1.80 bits per heavy atom. The van der Waals surface area contributed by atoms with Gasteiger partial charge in [0, 0.05) is 37.1 Å². The molecule has 1 spiro atoms. The molecular formula is C31H39F6N3O4. The maximum Gasteiger partial charge on any atom is 0.490 e. The highest BCUT2D eigenvalue weighted by molar-refractivity contribution is 5.73. The summed E-state index contributed by atoms with van der Waals surface area (Å²) in [7, 11) is 0. The van der Waals surface area contributed by atoms with Gasteiger partial charge in [0.1, 0.15) is 0 Å². The summed E-state index contributed by atoms with van der Waals surface area (Å²) < 4.78 is 63.5. The van der Waals surface area contributed by atoms with Gasteiger partial charge < -0.3 is 20.4 Å². The normalized spacial score (nSPS) is 20.0. The minimum atomic E-state index is -5.08. The second-order valence-corrected chi connectivity index (χ2v) is 12.9. The van der Waals surface area contributed by atoms with Crippen molar-refractivity contribution in [2.45, 2.75) is 83.0 Å². The molecule has 1 aromatic carbocycles. The topological polar surface area (TPSA) is 103 Å². The number of alkyl halides is 6. The molecule has 13 heteroatoms. The van der Waals surface area contributed by atoms with Crippen LogP contribution < -0.4 is 10.2 Å². The van der Waals surface area contributed by atoms with E-state index < -0.39 is 24.3 Å². The Bertz CT molecular complexity index is 1300. The molecule has 0 radical (unpaired) electrons. The first-order chi connectivity index (χ1) is 20.2. The zero-order valence-corrected chi connectivity index (χ0v) is 25.2. The van der Waals surface area contributed by atoms with Crippen molar-refractivity contribution in [3.8, 4) is 11.3 Å². The number of pyridine rings is 1. The van der Waals surface area contributed by atoms with Crippen LogP contribution in [0.4, 0.5) is 32.0 Å². The summed E-state index contributed by atoms with van der Waals surface area (Å²) in [6.07, 6.45) is -1.70. The van der Waals surface area contributed by atoms with E-state index in [-0.39, 0.29) is 10.8 Å². The Morgan fingerprint density at radius 1 is 0.795 bits per heavy atom. The summed E-state index contributed by atoms with van der Waals surface area (Å²) >= 11 is 0. The van der Waals surface area contributed by atoms with Gasteiger partial charge in [-0.25, -0.2) is 9.59 Å². The van der Waals surface area contributed by atoms with Crippen LogP contribution >= 0.6 is 0 Å². The van der Waals surface area contributed by atoms with Crippen molar-refractivity contribution in [2.24, 2.45) is 5.41 Å². The lowest BCUT2D eigenvalue weighted by Gasteiger charge is -2.42. The van der Waals surface area contributed by atoms with Crippen LogP contribution in [0.15, 0.2) is 36.5 Å². The van der Waals surface area contributed by atoms with Crippen molar-refractivity contribution >= 4 is 17.6 Å². The van der Waals surface area contributed by atoms with E-state index >= 15 is 0 Å². The summed E-state index contributed by atoms with van der Waals surface area (Å²) in [5.41, 5.74) is 7.78. The van der Waals surface area contributed by atoms with Crippen LogP contribution in [-0.4, -0.2) is 65.7 Å². The van der Waals surface area contributed by atoms with Crippen LogP contribution in [-0.2, 0) is 20.4 Å². The Hall–Kier alpha value is -3.35. The molecule has 3 N–H and O–H groups in total. The average molecular weight is 632 g/mol. The van der Waals surface area contributed by atoms with Gasteiger partial charge in [-0.2, -0.15) is 26.3 Å². The standard InChI is InChI=1S/C27H37N3.2C2HF3O2/c1-25(2)8-9-26(3,4)23-17-20(5-6-22(23)25)24-18-21(7-13-29-24)30-15-11-27(12-16-30)10-14-28-19-27;2*3-2(4,5)1(6)7/h5-7,13,17-18,28H,8-12,14-16,19H2,1-4H3;2*(H,6,7). The number of fused-ring (bicyclic) bond motifs is 1. The Kier molecular flexibility index (Phi) is 10.3. The monoisotopic (exact) mass is 631 g/mol. The van der Waals surface area contributed by atoms with E-state index in [1.54, 1.807) is 0 Å². The summed E-state index contributed by atoms with van der Waals surface area (Å²) in [5, 5.41) is 17.8. The van der Waals surface area contributed by atoms with E-state index in [0.717, 1.165) is 18.8 Å². The molecule has 3 aliphatic rings. The Labute approximate surface area is 252 Å². The van der Waals surface area contributed by atoms with Gasteiger partial charge in [0.25, 0.3) is 0 Å². The molecule has 0 unspecified atom stereocenters. The largest absolute Gasteiger partial charge is 0.490 e. The van der Waals surface area contributed by atoms with Gasteiger partial charge in [-0.05, 0) is 84.2 Å². The maximum atomic E-state index is 10.6. The lowest BCUT2D eigenvalue weighted by molar-refractivity contribution is -0.193. The van der Waals surface area contributed by atoms with Crippen molar-refractivity contribution < 1.29 is 46.1 Å². The summed E-state index contributed by atoms with van der Waals surface area (Å²) in [4.78, 5) is 25.1. The first-order valence-corrected chi connectivity index (χ1v) is 14.3. The van der Waals surface area contributed by atoms with Crippen LogP contribution in [0.5, 0.6) is 0 Å². The van der Waals surface area contributed by atoms with Crippen molar-refractivity contribution in [1.82, 2.24) is 10.3 Å². The lowest BCUT2D eigenvalue weighted by atomic mass is 9.63. The van der Waals surface area contributed by atoms with E-state index in [0.29, 0.717) is 5.41 Å². The van der Waals surface area contributed by atoms with Crippen LogP contribution in [0.2, 0.25) is 0 Å². The third-order valence-corrected chi connectivity index (χ3v) is 8.90. The lowest BCUT2D eigenvalue weighted by Crippen LogP contribution is -2.41. The maximum absolute atomic E-state index is 10.6. The van der Waals surface area contributed by atoms with Crippen LogP contribution in [0.25, 0.3) is 11.3 Å². The predicted molar refractivity (Wildman–Crippen MR) is 154 cm³/mol. The zero-order valence-electron chi connectivity index (χ0n) is 25.2. The molecule has 0 saturated carbocycles. The van der Waals surface area contributed by atoms with Crippen molar-refractivity contribution in [2.75, 3.05) is 31.1 Å². The summed E-state index contributed by atoms with van der Waals surface area (Å²) in [6, 6.07) is 11.6. The van der Waals surface area contributed by atoms with Gasteiger partial charge in [-0.15, -0.1) is 0 Å². The Morgan fingerprint density at radius 2 is 1.32 bits per heavy atom. The molecule has 1 aromatic heterocycles. The molecule has 1 aliphatic carbocycles. The molecule has 0 bridgehead atoms. The van der Waals surface area contributed by atoms with Gasteiger partial charge in [0.15, 0.2) is 0 Å². The van der Waals surface area contributed by atoms with Gasteiger partial charge in [-0.3, -0.25) is 4.98 Å². The number of halogens is 6. The molecular weight excluding hydrogens is 592 g/mol. The molecule has 7 nitrogen and oxygen atoms in total. The van der Waals surface area contributed by atoms with Gasteiger partial charge in [0.05, 0.1) is 5.69 Å². The number of anilines is 1. The van der Waals surface area contributed by atoms with Gasteiger partial charge in [0.2, 0.25) is 0 Å². The number of nitrogens with one attached hydrogen (secondary N) is 1. The fourth-order valence-electron chi connectivity index (χ4n) is 5.98. The minimum absolute atomic E-state index is 0.231. The Balaban J connectivity index is 0.000000317. The van der Waals surface area contributed by atoms with E-state index in [1.807, 2.05) is 6.20 Å². The SMILES string of the molecule is CC1(C)CCC(C)(C)c2cc(-c3cc(N4CCC5(CCNC5)CC4)ccn3)ccc21.O=C(O)C(F)(F)F.O=C(O)C(F)(F)F. The van der Waals surface area contributed by atoms with Crippen LogP contribution in [0.1, 0.15) is 70.9 Å². The number of aromatic nitrogens is 1. The molecule has 2 saturated heterocycles. The van der Waals surface area contributed by atoms with E-state index in [4.69, 9.17) is 24.8 Å². The number of carbonyl (C=O) groups is 2. The molecule has 2 aromatic rings. The summed E-state index contributed by atoms with van der Waals surface area (Å²) in [6.45, 7) is 14.3. The highest BCUT2D eigenvalue weighted by Crippen LogP contribution is 2.47. The van der Waals surface area contributed by atoms with Crippen LogP contribution in [0, 0.1) is 5.41 Å². The second-order valence-electron chi connectivity index (χ2n) is 12.9. The highest BCUT2D eigenvalue weighted by atomic mass is 19.4. The first-order valence-electron chi connectivity index (χ1n) is 14.3. The predicted octanol–water partition coefficient (Wildman–Crippen LogP) is 6.94. The summed E-state index contributed by atoms with van der Waals surface area (Å²) in [5.74, 6) is -5.51. The van der Waals surface area contributed by atoms with Crippen molar-refractivity contribution in [3.63, 3.8) is 0 Å². The molecule has 2 fully saturated rings. The van der Waals surface area contributed by atoms with Gasteiger partial charge in [-0.1, -0.05) is 39.8 Å². The average Bonchev–Trinajstić information content (AvgIpc) is 3.39. The quantitative estimate of drug-likeness (QED) is 0.309. The molecule has 3 heterocycles. The molecule has 2 aliphatic heterocycles. The zero-order chi connectivity index (χ0) is 33.1. The van der Waals surface area contributed by atoms with E-state index in [2.05, 4.69) is 68.2 Å². The minimum Gasteiger partial charge on any atom is -0.475 e. The fraction of sp³-hybridized carbons (Fsp3) is 0.581. The number of aliphatic carboxylic acids is 2. The number of rotatable bonds is 2. The molecule has 244 valence electrons. The molecule has 0 atom stereocenters. The number of carboxylic acids is 2. The van der Waals surface area contributed by atoms with E-state index in [9.17, 15) is 26.3 Å². The number of benzene rings is 1. The first kappa shape index (κ1) is 35.1. The van der Waals surface area contributed by atoms with E-state index in [1.165, 1.54) is 67.6 Å². The number of piperidine rings is 1. The van der Waals surface area contributed by atoms with Crippen molar-refractivity contribution in [1.29, 1.82) is 0 Å². The third-order valence-electron chi connectivity index (χ3n) is 8.90. The fourth-order valence-corrected chi connectivity index (χ4v) is 5.98.